The number of benzene rings is 2. The highest BCUT2D eigenvalue weighted by Gasteiger charge is 2.10. The molecule has 21 heavy (non-hydrogen) atoms. The van der Waals surface area contributed by atoms with Crippen LogP contribution in [0.25, 0.3) is 22.3 Å². The van der Waals surface area contributed by atoms with Gasteiger partial charge < -0.3 is 19.4 Å². The Labute approximate surface area is 119 Å². The van der Waals surface area contributed by atoms with Crippen LogP contribution in [0.3, 0.4) is 0 Å². The van der Waals surface area contributed by atoms with E-state index < -0.39 is 0 Å². The van der Waals surface area contributed by atoms with Gasteiger partial charge in [0.2, 0.25) is 0 Å². The van der Waals surface area contributed by atoms with E-state index in [2.05, 4.69) is 0 Å². The Morgan fingerprint density at radius 2 is 1.86 bits per heavy atom. The lowest BCUT2D eigenvalue weighted by Gasteiger charge is -2.07. The molecule has 0 bridgehead atoms. The lowest BCUT2D eigenvalue weighted by molar-refractivity contribution is 0.373. The van der Waals surface area contributed by atoms with Gasteiger partial charge in [-0.15, -0.1) is 0 Å². The fourth-order valence-corrected chi connectivity index (χ4v) is 2.13. The number of fused-ring (bicyclic) bond motifs is 1. The minimum atomic E-state index is -0.221. The molecule has 5 heteroatoms. The van der Waals surface area contributed by atoms with Crippen LogP contribution in [0.15, 0.2) is 51.7 Å². The average Bonchev–Trinajstić information content (AvgIpc) is 2.46. The molecule has 1 aromatic heterocycles. The van der Waals surface area contributed by atoms with Crippen LogP contribution in [-0.2, 0) is 0 Å². The van der Waals surface area contributed by atoms with Crippen molar-refractivity contribution in [3.63, 3.8) is 0 Å². The van der Waals surface area contributed by atoms with Crippen LogP contribution in [0.4, 0.5) is 0 Å². The van der Waals surface area contributed by atoms with Gasteiger partial charge in [0.05, 0.1) is 12.5 Å². The number of hydrogen-bond donors (Lipinski definition) is 2. The molecule has 0 atom stereocenters. The molecule has 0 saturated carbocycles. The summed E-state index contributed by atoms with van der Waals surface area (Å²) >= 11 is 0. The maximum Gasteiger partial charge on any atom is 0.193 e. The van der Waals surface area contributed by atoms with Crippen molar-refractivity contribution in [2.45, 2.75) is 0 Å². The van der Waals surface area contributed by atoms with Gasteiger partial charge in [0, 0.05) is 17.7 Å². The van der Waals surface area contributed by atoms with Crippen LogP contribution in [0.5, 0.6) is 17.2 Å². The first-order valence-corrected chi connectivity index (χ1v) is 6.23. The summed E-state index contributed by atoms with van der Waals surface area (Å²) in [4.78, 5) is 12.1. The van der Waals surface area contributed by atoms with Gasteiger partial charge in [-0.25, -0.2) is 0 Å². The normalized spacial score (nSPS) is 10.7. The molecule has 0 spiro atoms. The Morgan fingerprint density at radius 3 is 2.57 bits per heavy atom. The van der Waals surface area contributed by atoms with Gasteiger partial charge in [0.15, 0.2) is 16.9 Å². The summed E-state index contributed by atoms with van der Waals surface area (Å²) in [6, 6.07) is 10.4. The van der Waals surface area contributed by atoms with Crippen molar-refractivity contribution in [3.05, 3.63) is 52.7 Å². The molecular formula is C16H12O5. The van der Waals surface area contributed by atoms with Gasteiger partial charge in [0.1, 0.15) is 17.1 Å². The first kappa shape index (κ1) is 13.1. The second kappa shape index (κ2) is 4.86. The highest BCUT2D eigenvalue weighted by Crippen LogP contribution is 2.32. The fraction of sp³-hybridized carbons (Fsp3) is 0.0625. The number of phenols is 2. The molecule has 0 saturated heterocycles. The zero-order chi connectivity index (χ0) is 15.0. The summed E-state index contributed by atoms with van der Waals surface area (Å²) in [5.74, 6) is 0.601. The zero-order valence-corrected chi connectivity index (χ0v) is 11.2. The van der Waals surface area contributed by atoms with Gasteiger partial charge in [-0.3, -0.25) is 4.79 Å². The van der Waals surface area contributed by atoms with Crippen molar-refractivity contribution in [2.75, 3.05) is 7.11 Å². The van der Waals surface area contributed by atoms with Crippen molar-refractivity contribution < 1.29 is 19.4 Å². The number of ether oxygens (including phenoxy) is 1. The summed E-state index contributed by atoms with van der Waals surface area (Å²) in [7, 11) is 1.45. The molecule has 0 unspecified atom stereocenters. The van der Waals surface area contributed by atoms with E-state index in [1.54, 1.807) is 12.1 Å². The average molecular weight is 284 g/mol. The largest absolute Gasteiger partial charge is 0.508 e. The van der Waals surface area contributed by atoms with Gasteiger partial charge >= 0.3 is 0 Å². The molecule has 2 N–H and O–H groups in total. The minimum Gasteiger partial charge on any atom is -0.508 e. The topological polar surface area (TPSA) is 79.9 Å². The highest BCUT2D eigenvalue weighted by molar-refractivity contribution is 5.80. The van der Waals surface area contributed by atoms with E-state index in [1.807, 2.05) is 0 Å². The van der Waals surface area contributed by atoms with Gasteiger partial charge in [0.25, 0.3) is 0 Å². The van der Waals surface area contributed by atoms with Crippen LogP contribution in [-0.4, -0.2) is 17.3 Å². The summed E-state index contributed by atoms with van der Waals surface area (Å²) in [5, 5.41) is 19.7. The monoisotopic (exact) mass is 284 g/mol. The van der Waals surface area contributed by atoms with E-state index in [-0.39, 0.29) is 22.5 Å². The summed E-state index contributed by atoms with van der Waals surface area (Å²) in [5.41, 5.74) is 0.602. The standard InChI is InChI=1S/C16H12O5/c1-20-14-5-2-9(6-13(14)19)15-8-12(18)11-4-3-10(17)7-16(11)21-15/h2-8,17,19H,1H3. The van der Waals surface area contributed by atoms with Crippen LogP contribution in [0.1, 0.15) is 0 Å². The molecule has 0 amide bonds. The highest BCUT2D eigenvalue weighted by atomic mass is 16.5. The Bertz CT molecular complexity index is 879. The number of aromatic hydroxyl groups is 2. The molecule has 106 valence electrons. The summed E-state index contributed by atoms with van der Waals surface area (Å²) in [6.07, 6.45) is 0. The number of phenolic OH excluding ortho intramolecular Hbond substituents is 2. The molecule has 0 fully saturated rings. The SMILES string of the molecule is COc1ccc(-c2cc(=O)c3ccc(O)cc3o2)cc1O. The lowest BCUT2D eigenvalue weighted by Crippen LogP contribution is -2.00. The predicted molar refractivity (Wildman–Crippen MR) is 77.8 cm³/mol. The van der Waals surface area contributed by atoms with Gasteiger partial charge in [-0.1, -0.05) is 0 Å². The fourth-order valence-electron chi connectivity index (χ4n) is 2.13. The van der Waals surface area contributed by atoms with Gasteiger partial charge in [-0.05, 0) is 30.3 Å². The van der Waals surface area contributed by atoms with E-state index in [4.69, 9.17) is 9.15 Å². The smallest absolute Gasteiger partial charge is 0.193 e. The van der Waals surface area contributed by atoms with Crippen LogP contribution in [0, 0.1) is 0 Å². The van der Waals surface area contributed by atoms with Crippen molar-refractivity contribution >= 4 is 11.0 Å². The molecule has 0 aliphatic carbocycles. The molecule has 3 rings (SSSR count). The number of rotatable bonds is 2. The second-order valence-corrected chi connectivity index (χ2v) is 4.54. The maximum atomic E-state index is 12.1. The van der Waals surface area contributed by atoms with Crippen molar-refractivity contribution in [1.82, 2.24) is 0 Å². The summed E-state index contributed by atoms with van der Waals surface area (Å²) in [6.45, 7) is 0. The van der Waals surface area contributed by atoms with Crippen LogP contribution in [0.2, 0.25) is 0 Å². The molecule has 2 aromatic carbocycles. The molecule has 1 heterocycles. The third kappa shape index (κ3) is 2.29. The van der Waals surface area contributed by atoms with Crippen LogP contribution < -0.4 is 10.2 Å². The van der Waals surface area contributed by atoms with Crippen molar-refractivity contribution in [1.29, 1.82) is 0 Å². The first-order valence-electron chi connectivity index (χ1n) is 6.23. The van der Waals surface area contributed by atoms with E-state index >= 15 is 0 Å². The molecular weight excluding hydrogens is 272 g/mol. The molecule has 3 aromatic rings. The molecule has 0 aliphatic heterocycles. The maximum absolute atomic E-state index is 12.1. The molecule has 0 aliphatic rings. The third-order valence-corrected chi connectivity index (χ3v) is 3.18. The van der Waals surface area contributed by atoms with Gasteiger partial charge in [-0.2, -0.15) is 0 Å². The Balaban J connectivity index is 2.21. The minimum absolute atomic E-state index is 0.0142. The van der Waals surface area contributed by atoms with Crippen molar-refractivity contribution in [3.8, 4) is 28.6 Å². The Morgan fingerprint density at radius 1 is 1.05 bits per heavy atom. The van der Waals surface area contributed by atoms with E-state index in [0.29, 0.717) is 22.5 Å². The van der Waals surface area contributed by atoms with E-state index in [9.17, 15) is 15.0 Å². The number of methoxy groups -OCH3 is 1. The van der Waals surface area contributed by atoms with E-state index in [1.165, 1.54) is 37.4 Å². The first-order chi connectivity index (χ1) is 10.1. The van der Waals surface area contributed by atoms with E-state index in [0.717, 1.165) is 0 Å². The van der Waals surface area contributed by atoms with Crippen molar-refractivity contribution in [2.24, 2.45) is 0 Å². The summed E-state index contributed by atoms with van der Waals surface area (Å²) < 4.78 is 10.6. The quantitative estimate of drug-likeness (QED) is 0.756. The molecule has 0 radical (unpaired) electrons. The molecule has 5 nitrogen and oxygen atoms in total. The Kier molecular flexibility index (Phi) is 3.02. The second-order valence-electron chi connectivity index (χ2n) is 4.54. The lowest BCUT2D eigenvalue weighted by atomic mass is 10.1. The zero-order valence-electron chi connectivity index (χ0n) is 11.2. The van der Waals surface area contributed by atoms with Crippen LogP contribution >= 0.6 is 0 Å². The predicted octanol–water partition coefficient (Wildman–Crippen LogP) is 2.88. The number of hydrogen-bond acceptors (Lipinski definition) is 5. The Hall–Kier alpha value is -2.95. The third-order valence-electron chi connectivity index (χ3n) is 3.18.